The summed E-state index contributed by atoms with van der Waals surface area (Å²) in [5, 5.41) is 2.35. The summed E-state index contributed by atoms with van der Waals surface area (Å²) in [7, 11) is 0. The van der Waals surface area contributed by atoms with Crippen LogP contribution in [0.4, 0.5) is 5.69 Å². The number of nitrogens with zero attached hydrogens (tertiary/aromatic N) is 2. The first-order valence-electron chi connectivity index (χ1n) is 6.61. The fourth-order valence-electron chi connectivity index (χ4n) is 2.62. The average Bonchev–Trinajstić information content (AvgIpc) is 2.94. The van der Waals surface area contributed by atoms with E-state index in [2.05, 4.69) is 34.1 Å². The number of hydrogen-bond acceptors (Lipinski definition) is 2. The molecule has 21 heavy (non-hydrogen) atoms. The summed E-state index contributed by atoms with van der Waals surface area (Å²) in [6.07, 6.45) is 1.81. The molecule has 98 valence electrons. The summed E-state index contributed by atoms with van der Waals surface area (Å²) >= 11 is 1.68. The Labute approximate surface area is 126 Å². The van der Waals surface area contributed by atoms with Crippen LogP contribution in [0.3, 0.4) is 0 Å². The van der Waals surface area contributed by atoms with Crippen LogP contribution < -0.4 is 0 Å². The first kappa shape index (κ1) is 12.1. The average molecular weight is 286 g/mol. The molecule has 0 spiro atoms. The van der Waals surface area contributed by atoms with Gasteiger partial charge in [-0.25, -0.2) is 4.85 Å². The fraction of sp³-hybridized carbons (Fsp3) is 0. The van der Waals surface area contributed by atoms with Crippen LogP contribution in [0.1, 0.15) is 0 Å². The highest BCUT2D eigenvalue weighted by Crippen LogP contribution is 2.42. The van der Waals surface area contributed by atoms with Crippen LogP contribution in [0.2, 0.25) is 0 Å². The van der Waals surface area contributed by atoms with Crippen LogP contribution in [0.5, 0.6) is 0 Å². The minimum Gasteiger partial charge on any atom is -0.256 e. The Morgan fingerprint density at radius 2 is 1.67 bits per heavy atom. The standard InChI is InChI=1S/C18H10N2S/c1-19-16-10-5-7-13-12-6-4-8-14(17(12)21-18(13)16)15-9-2-3-11-20-15/h2-11H. The molecule has 0 fully saturated rings. The van der Waals surface area contributed by atoms with Gasteiger partial charge in [0, 0.05) is 21.2 Å². The number of thiophene rings is 1. The Morgan fingerprint density at radius 1 is 0.857 bits per heavy atom. The number of pyridine rings is 1. The molecule has 0 atom stereocenters. The van der Waals surface area contributed by atoms with Gasteiger partial charge >= 0.3 is 0 Å². The minimum absolute atomic E-state index is 0.723. The van der Waals surface area contributed by atoms with Crippen molar-refractivity contribution in [1.82, 2.24) is 4.98 Å². The molecule has 2 aromatic heterocycles. The van der Waals surface area contributed by atoms with E-state index in [1.54, 1.807) is 11.3 Å². The molecule has 0 aliphatic heterocycles. The molecule has 0 radical (unpaired) electrons. The largest absolute Gasteiger partial charge is 0.256 e. The molecule has 0 bridgehead atoms. The van der Waals surface area contributed by atoms with Crippen molar-refractivity contribution in [1.29, 1.82) is 0 Å². The Morgan fingerprint density at radius 3 is 2.43 bits per heavy atom. The lowest BCUT2D eigenvalue weighted by Gasteiger charge is -2.01. The maximum Gasteiger partial charge on any atom is 0.204 e. The zero-order valence-electron chi connectivity index (χ0n) is 11.1. The molecule has 0 unspecified atom stereocenters. The second-order valence-corrected chi connectivity index (χ2v) is 5.79. The molecule has 2 aromatic carbocycles. The van der Waals surface area contributed by atoms with E-state index in [1.807, 2.05) is 36.5 Å². The van der Waals surface area contributed by atoms with Crippen LogP contribution in [0.25, 0.3) is 36.3 Å². The van der Waals surface area contributed by atoms with E-state index < -0.39 is 0 Å². The van der Waals surface area contributed by atoms with Gasteiger partial charge in [0.15, 0.2) is 0 Å². The lowest BCUT2D eigenvalue weighted by atomic mass is 10.1. The fourth-order valence-corrected chi connectivity index (χ4v) is 3.90. The summed E-state index contributed by atoms with van der Waals surface area (Å²) in [5.74, 6) is 0. The molecule has 0 saturated heterocycles. The number of rotatable bonds is 1. The Bertz CT molecular complexity index is 994. The topological polar surface area (TPSA) is 17.2 Å². The predicted octanol–water partition coefficient (Wildman–Crippen LogP) is 5.67. The second-order valence-electron chi connectivity index (χ2n) is 4.76. The SMILES string of the molecule is [C-]#[N+]c1cccc2c1sc1c(-c3ccccn3)cccc12. The molecule has 2 heterocycles. The quantitative estimate of drug-likeness (QED) is 0.412. The highest BCUT2D eigenvalue weighted by atomic mass is 32.1. The van der Waals surface area contributed by atoms with Crippen molar-refractivity contribution in [3.05, 3.63) is 72.2 Å². The smallest absolute Gasteiger partial charge is 0.204 e. The second kappa shape index (κ2) is 4.69. The summed E-state index contributed by atoms with van der Waals surface area (Å²) < 4.78 is 2.26. The Hall–Kier alpha value is -2.70. The first-order chi connectivity index (χ1) is 10.4. The molecule has 4 aromatic rings. The summed E-state index contributed by atoms with van der Waals surface area (Å²) in [5.41, 5.74) is 2.82. The van der Waals surface area contributed by atoms with Crippen LogP contribution in [0, 0.1) is 6.57 Å². The van der Waals surface area contributed by atoms with Gasteiger partial charge in [-0.1, -0.05) is 42.5 Å². The molecular formula is C18H10N2S. The van der Waals surface area contributed by atoms with Gasteiger partial charge in [0.1, 0.15) is 0 Å². The first-order valence-corrected chi connectivity index (χ1v) is 7.43. The molecule has 0 aliphatic carbocycles. The van der Waals surface area contributed by atoms with Gasteiger partial charge in [-0.05, 0) is 22.9 Å². The molecule has 0 N–H and O–H groups in total. The Balaban J connectivity index is 2.14. The van der Waals surface area contributed by atoms with E-state index in [9.17, 15) is 0 Å². The number of benzene rings is 2. The molecule has 2 nitrogen and oxygen atoms in total. The molecular weight excluding hydrogens is 276 g/mol. The van der Waals surface area contributed by atoms with Crippen molar-refractivity contribution in [3.8, 4) is 11.3 Å². The van der Waals surface area contributed by atoms with Crippen LogP contribution >= 0.6 is 11.3 Å². The number of hydrogen-bond donors (Lipinski definition) is 0. The van der Waals surface area contributed by atoms with Crippen molar-refractivity contribution < 1.29 is 0 Å². The van der Waals surface area contributed by atoms with Crippen LogP contribution in [-0.2, 0) is 0 Å². The number of fused-ring (bicyclic) bond motifs is 3. The van der Waals surface area contributed by atoms with E-state index in [1.165, 1.54) is 10.1 Å². The van der Waals surface area contributed by atoms with Crippen molar-refractivity contribution >= 4 is 37.2 Å². The third kappa shape index (κ3) is 1.81. The maximum absolute atomic E-state index is 7.34. The molecule has 4 rings (SSSR count). The van der Waals surface area contributed by atoms with Crippen molar-refractivity contribution in [2.75, 3.05) is 0 Å². The van der Waals surface area contributed by atoms with Gasteiger partial charge in [0.2, 0.25) is 5.69 Å². The zero-order chi connectivity index (χ0) is 14.2. The third-order valence-electron chi connectivity index (χ3n) is 3.56. The summed E-state index contributed by atoms with van der Waals surface area (Å²) in [6.45, 7) is 7.34. The molecule has 3 heteroatoms. The van der Waals surface area contributed by atoms with Gasteiger partial charge in [-0.2, -0.15) is 0 Å². The normalized spacial score (nSPS) is 10.8. The lowest BCUT2D eigenvalue weighted by molar-refractivity contribution is 1.33. The van der Waals surface area contributed by atoms with Gasteiger partial charge in [0.05, 0.1) is 12.3 Å². The van der Waals surface area contributed by atoms with Crippen LogP contribution in [0.15, 0.2) is 60.8 Å². The van der Waals surface area contributed by atoms with Crippen molar-refractivity contribution in [3.63, 3.8) is 0 Å². The van der Waals surface area contributed by atoms with Gasteiger partial charge in [-0.15, -0.1) is 11.3 Å². The third-order valence-corrected chi connectivity index (χ3v) is 4.84. The van der Waals surface area contributed by atoms with Crippen molar-refractivity contribution in [2.45, 2.75) is 0 Å². The van der Waals surface area contributed by atoms with Gasteiger partial charge < -0.3 is 0 Å². The van der Waals surface area contributed by atoms with Crippen LogP contribution in [-0.4, -0.2) is 4.98 Å². The zero-order valence-corrected chi connectivity index (χ0v) is 11.9. The molecule has 0 aliphatic rings. The van der Waals surface area contributed by atoms with E-state index in [-0.39, 0.29) is 0 Å². The predicted molar refractivity (Wildman–Crippen MR) is 88.8 cm³/mol. The lowest BCUT2D eigenvalue weighted by Crippen LogP contribution is -1.81. The van der Waals surface area contributed by atoms with Gasteiger partial charge in [-0.3, -0.25) is 4.98 Å². The Kier molecular flexibility index (Phi) is 2.70. The van der Waals surface area contributed by atoms with Gasteiger partial charge in [0.25, 0.3) is 0 Å². The highest BCUT2D eigenvalue weighted by Gasteiger charge is 2.12. The van der Waals surface area contributed by atoms with E-state index in [0.717, 1.165) is 27.0 Å². The minimum atomic E-state index is 0.723. The molecule has 0 saturated carbocycles. The summed E-state index contributed by atoms with van der Waals surface area (Å²) in [6, 6.07) is 18.1. The van der Waals surface area contributed by atoms with E-state index >= 15 is 0 Å². The highest BCUT2D eigenvalue weighted by molar-refractivity contribution is 7.27. The summed E-state index contributed by atoms with van der Waals surface area (Å²) in [4.78, 5) is 8.10. The maximum atomic E-state index is 7.34. The van der Waals surface area contributed by atoms with Crippen molar-refractivity contribution in [2.24, 2.45) is 0 Å². The molecule has 0 amide bonds. The van der Waals surface area contributed by atoms with E-state index in [0.29, 0.717) is 0 Å². The monoisotopic (exact) mass is 286 g/mol. The van der Waals surface area contributed by atoms with E-state index in [4.69, 9.17) is 6.57 Å². The number of aromatic nitrogens is 1.